The normalized spacial score (nSPS) is 33.9. The molecule has 27 heteroatoms. The van der Waals surface area contributed by atoms with E-state index < -0.39 is 73.9 Å². The second kappa shape index (κ2) is 12.3. The summed E-state index contributed by atoms with van der Waals surface area (Å²) in [6.45, 7) is -8.86. The number of thiol groups is 2. The van der Waals surface area contributed by atoms with Crippen molar-refractivity contribution >= 4 is 83.9 Å². The van der Waals surface area contributed by atoms with Crippen LogP contribution >= 0.6 is 49.9 Å². The van der Waals surface area contributed by atoms with Crippen LogP contribution in [0.3, 0.4) is 0 Å². The summed E-state index contributed by atoms with van der Waals surface area (Å²) >= 11 is 8.82. The first-order valence-corrected chi connectivity index (χ1v) is 18.9. The second-order valence-corrected chi connectivity index (χ2v) is 16.6. The fourth-order valence-corrected chi connectivity index (χ4v) is 8.83. The number of nitrogens with two attached hydrogens (primary N) is 2. The largest absolute Gasteiger partial charge is 0.389 e. The third kappa shape index (κ3) is 6.56. The van der Waals surface area contributed by atoms with Gasteiger partial charge in [-0.15, -0.1) is 22.0 Å². The van der Waals surface area contributed by atoms with Gasteiger partial charge in [-0.1, -0.05) is 34.9 Å². The van der Waals surface area contributed by atoms with Gasteiger partial charge >= 0.3 is 13.6 Å². The maximum Gasteiger partial charge on any atom is 0.388 e. The molecule has 2 saturated heterocycles. The number of fused-ring (bicyclic) bond motifs is 4. The van der Waals surface area contributed by atoms with Crippen LogP contribution in [-0.2, 0) is 32.0 Å². The van der Waals surface area contributed by atoms with Crippen molar-refractivity contribution in [2.24, 2.45) is 0 Å². The summed E-state index contributed by atoms with van der Waals surface area (Å²) in [7, 11) is 0. The molecule has 4 aromatic rings. The summed E-state index contributed by atoms with van der Waals surface area (Å²) in [5, 5.41) is 24.6. The molecular weight excluding hydrogens is 705 g/mol. The van der Waals surface area contributed by atoms with Gasteiger partial charge in [0.1, 0.15) is 23.9 Å². The van der Waals surface area contributed by atoms with Gasteiger partial charge in [0.05, 0.1) is 24.6 Å². The number of aromatic amines is 1. The Bertz CT molecular complexity index is 1900. The molecule has 0 aromatic carbocycles. The summed E-state index contributed by atoms with van der Waals surface area (Å²) < 4.78 is 71.3. The highest BCUT2D eigenvalue weighted by atomic mass is 32.7. The Balaban J connectivity index is 1.30. The molecule has 0 spiro atoms. The smallest absolute Gasteiger partial charge is 0.388 e. The third-order valence-corrected chi connectivity index (χ3v) is 11.2. The minimum Gasteiger partial charge on any atom is -0.389 e. The van der Waals surface area contributed by atoms with Crippen molar-refractivity contribution in [3.05, 3.63) is 16.7 Å². The fourth-order valence-electron chi connectivity index (χ4n) is 4.45. The van der Waals surface area contributed by atoms with Crippen LogP contribution < -0.4 is 17.0 Å². The van der Waals surface area contributed by atoms with Gasteiger partial charge in [0.15, 0.2) is 34.4 Å². The van der Waals surface area contributed by atoms with Gasteiger partial charge < -0.3 is 21.3 Å². The van der Waals surface area contributed by atoms with Gasteiger partial charge in [-0.05, 0) is 6.92 Å². The number of rotatable bonds is 4. The van der Waals surface area contributed by atoms with E-state index in [-0.39, 0.29) is 34.1 Å². The molecule has 0 amide bonds. The molecule has 45 heavy (non-hydrogen) atoms. The van der Waals surface area contributed by atoms with Crippen molar-refractivity contribution in [1.29, 1.82) is 0 Å². The van der Waals surface area contributed by atoms with Gasteiger partial charge in [-0.2, -0.15) is 9.67 Å². The number of H-pyrrole nitrogens is 1. The Labute approximate surface area is 264 Å². The molecule has 6 rings (SSSR count). The van der Waals surface area contributed by atoms with Crippen LogP contribution in [0.15, 0.2) is 11.1 Å². The monoisotopic (exact) mass is 728 g/mol. The molecule has 2 aliphatic rings. The SMILES string of the molecule is C[C@@H](O[C@@H]1COP(=O)(S)O[C@@H]2[C@H](O)[C@@H](COP(=O)(S)O[C@H]1F)S[C@H]2n1nnc2c(=O)[nH]c(N)nc21)n1nnc2c(N)ncnc21. The van der Waals surface area contributed by atoms with Gasteiger partial charge in [-0.25, -0.2) is 28.2 Å². The van der Waals surface area contributed by atoms with Crippen LogP contribution in [-0.4, -0.2) is 98.2 Å². The quantitative estimate of drug-likeness (QED) is 0.124. The van der Waals surface area contributed by atoms with Crippen LogP contribution in [0, 0.1) is 0 Å². The first-order chi connectivity index (χ1) is 21.2. The standard InChI is InChI=1S/C18H23FN12O9P2S3/c1-5(30-14-8(26-28-30)13(20)22-4-23-14)38-6-2-36-41(34,43)39-11-10(32)7(3-37-42(35,44)40-12(6)19)45-17(11)31-15-9(27-29-31)16(33)25-18(21)24-15/h4-7,10-12,17,32H,2-3H2,1H3,(H,34,43)(H,35,44)(H2,20,22,23)(H3,21,24,25,33)/t5-,6-,7-,10-,11-,12-,17-,41?,42?/m1/s1. The van der Waals surface area contributed by atoms with Crippen molar-refractivity contribution < 1.29 is 41.5 Å². The number of aliphatic hydroxyl groups is 1. The topological polar surface area (TPSA) is 286 Å². The number of anilines is 2. The third-order valence-electron chi connectivity index (χ3n) is 6.50. The molecule has 2 aliphatic heterocycles. The van der Waals surface area contributed by atoms with Gasteiger partial charge in [0.2, 0.25) is 12.3 Å². The lowest BCUT2D eigenvalue weighted by Crippen LogP contribution is -2.35. The first kappa shape index (κ1) is 32.5. The first-order valence-electron chi connectivity index (χ1n) is 12.6. The van der Waals surface area contributed by atoms with E-state index in [0.29, 0.717) is 0 Å². The number of nitrogens with zero attached hydrogens (tertiary/aromatic N) is 9. The number of ether oxygens (including phenoxy) is 1. The molecule has 2 unspecified atom stereocenters. The molecule has 0 saturated carbocycles. The van der Waals surface area contributed by atoms with Crippen molar-refractivity contribution in [2.45, 2.75) is 48.4 Å². The Hall–Kier alpha value is -2.44. The number of nitrogen functional groups attached to an aromatic ring is 2. The van der Waals surface area contributed by atoms with Crippen LogP contribution in [0.2, 0.25) is 0 Å². The Morgan fingerprint density at radius 3 is 2.62 bits per heavy atom. The minimum absolute atomic E-state index is 0.0368. The molecule has 6 N–H and O–H groups in total. The van der Waals surface area contributed by atoms with Crippen LogP contribution in [0.1, 0.15) is 18.5 Å². The Morgan fingerprint density at radius 2 is 1.84 bits per heavy atom. The average Bonchev–Trinajstić information content (AvgIpc) is 3.66. The second-order valence-electron chi connectivity index (χ2n) is 9.51. The zero-order valence-corrected chi connectivity index (χ0v) is 26.9. The highest BCUT2D eigenvalue weighted by molar-refractivity contribution is 8.44. The zero-order chi connectivity index (χ0) is 32.3. The number of hydrogen-bond acceptors (Lipinski definition) is 19. The number of halogens is 1. The minimum atomic E-state index is -4.47. The lowest BCUT2D eigenvalue weighted by Gasteiger charge is -2.28. The highest BCUT2D eigenvalue weighted by Gasteiger charge is 2.50. The molecule has 4 aromatic heterocycles. The van der Waals surface area contributed by atoms with E-state index >= 15 is 4.39 Å². The van der Waals surface area contributed by atoms with Gasteiger partial charge in [0, 0.05) is 0 Å². The number of alkyl halides is 1. The van der Waals surface area contributed by atoms with E-state index in [2.05, 4.69) is 65.1 Å². The van der Waals surface area contributed by atoms with Crippen LogP contribution in [0.5, 0.6) is 0 Å². The summed E-state index contributed by atoms with van der Waals surface area (Å²) in [4.78, 5) is 26.5. The number of hydrogen-bond donors (Lipinski definition) is 6. The summed E-state index contributed by atoms with van der Waals surface area (Å²) in [5.74, 6) is -0.207. The molecule has 6 heterocycles. The van der Waals surface area contributed by atoms with Crippen LogP contribution in [0.25, 0.3) is 22.3 Å². The highest BCUT2D eigenvalue weighted by Crippen LogP contribution is 2.61. The van der Waals surface area contributed by atoms with Crippen molar-refractivity contribution in [2.75, 3.05) is 24.7 Å². The van der Waals surface area contributed by atoms with Crippen molar-refractivity contribution in [1.82, 2.24) is 49.9 Å². The molecule has 0 radical (unpaired) electrons. The average molecular weight is 729 g/mol. The summed E-state index contributed by atoms with van der Waals surface area (Å²) in [6.07, 6.45) is -7.19. The van der Waals surface area contributed by atoms with Crippen molar-refractivity contribution in [3.8, 4) is 0 Å². The molecule has 2 bridgehead atoms. The molecule has 21 nitrogen and oxygen atoms in total. The van der Waals surface area contributed by atoms with Gasteiger partial charge in [0.25, 0.3) is 5.56 Å². The molecule has 2 fully saturated rings. The number of aliphatic hydroxyl groups excluding tert-OH is 1. The zero-order valence-electron chi connectivity index (χ0n) is 22.5. The van der Waals surface area contributed by atoms with E-state index in [1.165, 1.54) is 6.92 Å². The molecule has 9 atom stereocenters. The summed E-state index contributed by atoms with van der Waals surface area (Å²) in [6, 6.07) is 0. The molecule has 0 aliphatic carbocycles. The molecule has 244 valence electrons. The number of aromatic nitrogens is 10. The van der Waals surface area contributed by atoms with Gasteiger partial charge in [-0.3, -0.25) is 27.9 Å². The lowest BCUT2D eigenvalue weighted by atomic mass is 10.1. The lowest BCUT2D eigenvalue weighted by molar-refractivity contribution is -0.146. The Kier molecular flexibility index (Phi) is 8.88. The van der Waals surface area contributed by atoms with E-state index in [0.717, 1.165) is 27.5 Å². The van der Waals surface area contributed by atoms with Crippen molar-refractivity contribution in [3.63, 3.8) is 0 Å². The number of thioether (sulfide) groups is 1. The predicted molar refractivity (Wildman–Crippen MR) is 160 cm³/mol. The Morgan fingerprint density at radius 1 is 1.13 bits per heavy atom. The van der Waals surface area contributed by atoms with E-state index in [1.54, 1.807) is 0 Å². The summed E-state index contributed by atoms with van der Waals surface area (Å²) in [5.41, 5.74) is 10.8. The van der Waals surface area contributed by atoms with Crippen LogP contribution in [0.4, 0.5) is 16.2 Å². The predicted octanol–water partition coefficient (Wildman–Crippen LogP) is 0.612. The van der Waals surface area contributed by atoms with E-state index in [1.807, 2.05) is 0 Å². The molecular formula is C18H23FN12O9P2S3. The van der Waals surface area contributed by atoms with E-state index in [9.17, 15) is 19.0 Å². The fraction of sp³-hybridized carbons (Fsp3) is 0.556. The number of nitrogens with one attached hydrogen (secondary N) is 1. The van der Waals surface area contributed by atoms with E-state index in [4.69, 9.17) is 34.3 Å². The maximum absolute atomic E-state index is 15.5. The maximum atomic E-state index is 15.5.